The first-order chi connectivity index (χ1) is 14.7. The number of carbonyl (C=O) groups excluding carboxylic acids is 5. The van der Waals surface area contributed by atoms with Crippen molar-refractivity contribution in [3.63, 3.8) is 0 Å². The van der Waals surface area contributed by atoms with Gasteiger partial charge in [-0.05, 0) is 18.7 Å². The molecule has 1 aromatic carbocycles. The quantitative estimate of drug-likeness (QED) is 0.249. The first-order valence-electron chi connectivity index (χ1n) is 9.03. The third-order valence-electron chi connectivity index (χ3n) is 3.44. The Kier molecular flexibility index (Phi) is 11.2. The summed E-state index contributed by atoms with van der Waals surface area (Å²) in [6, 6.07) is 8.68. The summed E-state index contributed by atoms with van der Waals surface area (Å²) in [4.78, 5) is 69.1. The van der Waals surface area contributed by atoms with Crippen molar-refractivity contribution in [2.75, 3.05) is 19.6 Å². The van der Waals surface area contributed by atoms with Crippen LogP contribution in [0.15, 0.2) is 35.3 Å². The van der Waals surface area contributed by atoms with E-state index in [9.17, 15) is 28.8 Å². The molecule has 0 aromatic heterocycles. The van der Waals surface area contributed by atoms with Crippen LogP contribution in [0.5, 0.6) is 0 Å². The number of imide groups is 1. The zero-order valence-corrected chi connectivity index (χ0v) is 17.5. The Morgan fingerprint density at radius 2 is 1.58 bits per heavy atom. The second kappa shape index (κ2) is 13.6. The molecule has 0 aliphatic carbocycles. The van der Waals surface area contributed by atoms with Crippen LogP contribution < -0.4 is 16.0 Å². The van der Waals surface area contributed by atoms with E-state index < -0.39 is 24.3 Å². The van der Waals surface area contributed by atoms with E-state index in [2.05, 4.69) is 20.9 Å². The molecule has 1 fully saturated rings. The number of carboxylic acids is 1. The van der Waals surface area contributed by atoms with Gasteiger partial charge < -0.3 is 15.7 Å². The fourth-order valence-corrected chi connectivity index (χ4v) is 2.61. The summed E-state index contributed by atoms with van der Waals surface area (Å²) in [5.74, 6) is -2.59. The van der Waals surface area contributed by atoms with Crippen LogP contribution >= 0.6 is 11.8 Å². The zero-order chi connectivity index (χ0) is 23.2. The molecule has 0 spiro atoms. The number of nitrogens with zero attached hydrogens (tertiary/aromatic N) is 1. The Labute approximate surface area is 182 Å². The highest BCUT2D eigenvalue weighted by Crippen LogP contribution is 2.13. The number of thioether (sulfide) groups is 1. The molecule has 0 radical (unpaired) electrons. The van der Waals surface area contributed by atoms with Crippen molar-refractivity contribution < 1.29 is 33.9 Å². The van der Waals surface area contributed by atoms with Crippen LogP contribution in [0.2, 0.25) is 0 Å². The number of carbonyl (C=O) groups is 6. The van der Waals surface area contributed by atoms with Gasteiger partial charge in [-0.25, -0.2) is 0 Å². The predicted molar refractivity (Wildman–Crippen MR) is 112 cm³/mol. The monoisotopic (exact) mass is 450 g/mol. The zero-order valence-electron chi connectivity index (χ0n) is 16.7. The molecule has 1 aliphatic heterocycles. The summed E-state index contributed by atoms with van der Waals surface area (Å²) in [6.07, 6.45) is 0.748. The number of aliphatic carboxylic acids is 1. The lowest BCUT2D eigenvalue weighted by molar-refractivity contribution is -0.137. The number of aliphatic imine (C=N–C) groups is 1. The number of nitrogens with one attached hydrogen (secondary N) is 3. The van der Waals surface area contributed by atoms with E-state index in [0.29, 0.717) is 23.4 Å². The van der Waals surface area contributed by atoms with Crippen LogP contribution in [-0.4, -0.2) is 64.5 Å². The average molecular weight is 450 g/mol. The average Bonchev–Trinajstić information content (AvgIpc) is 3.12. The molecule has 31 heavy (non-hydrogen) atoms. The van der Waals surface area contributed by atoms with Crippen LogP contribution in [0.3, 0.4) is 0 Å². The van der Waals surface area contributed by atoms with Gasteiger partial charge in [0.2, 0.25) is 28.7 Å². The summed E-state index contributed by atoms with van der Waals surface area (Å²) in [5.41, 5.74) is 0.539. The van der Waals surface area contributed by atoms with Crippen molar-refractivity contribution in [3.8, 4) is 0 Å². The first kappa shape index (κ1) is 25.5. The molecule has 1 aromatic rings. The molecule has 0 saturated carbocycles. The molecule has 166 valence electrons. The van der Waals surface area contributed by atoms with Gasteiger partial charge in [0.05, 0.1) is 11.6 Å². The first-order valence-corrected chi connectivity index (χ1v) is 9.85. The largest absolute Gasteiger partial charge is 0.480 e. The van der Waals surface area contributed by atoms with E-state index in [1.807, 2.05) is 0 Å². The summed E-state index contributed by atoms with van der Waals surface area (Å²) >= 11 is 0.917. The molecule has 0 bridgehead atoms. The van der Waals surface area contributed by atoms with Gasteiger partial charge in [-0.2, -0.15) is 0 Å². The SMILES string of the molecule is CC(=NCC(=O)NCC(=O)NCC(=O)O)SC(=O)c1ccccc1.O=C1CCC(=O)N1. The second-order valence-corrected chi connectivity index (χ2v) is 7.18. The standard InChI is InChI=1S/C15H17N3O5S.C4H5NO2/c1-10(24-15(23)11-5-3-2-4-6-11)16-7-12(19)17-8-13(20)18-9-14(21)22;6-3-1-2-4(7)5-3/h2-6H,7-9H2,1H3,(H,17,19)(H,18,20)(H,21,22);1-2H2,(H,5,6,7). The fourth-order valence-electron chi connectivity index (χ4n) is 1.96. The van der Waals surface area contributed by atoms with Crippen LogP contribution in [0.1, 0.15) is 30.1 Å². The maximum absolute atomic E-state index is 11.9. The molecule has 0 atom stereocenters. The van der Waals surface area contributed by atoms with Crippen molar-refractivity contribution >= 4 is 51.5 Å². The maximum Gasteiger partial charge on any atom is 0.322 e. The minimum Gasteiger partial charge on any atom is -0.480 e. The molecule has 12 heteroatoms. The second-order valence-electron chi connectivity index (χ2n) is 6.01. The number of hydrogen-bond donors (Lipinski definition) is 4. The number of hydrogen-bond acceptors (Lipinski definition) is 8. The van der Waals surface area contributed by atoms with Crippen molar-refractivity contribution in [1.29, 1.82) is 0 Å². The van der Waals surface area contributed by atoms with Gasteiger partial charge in [0.25, 0.3) is 0 Å². The van der Waals surface area contributed by atoms with Gasteiger partial charge in [-0.3, -0.25) is 39.1 Å². The summed E-state index contributed by atoms with van der Waals surface area (Å²) in [5, 5.41) is 15.2. The third-order valence-corrected chi connectivity index (χ3v) is 4.28. The lowest BCUT2D eigenvalue weighted by Gasteiger charge is -2.04. The third kappa shape index (κ3) is 11.9. The van der Waals surface area contributed by atoms with Crippen LogP contribution in [0.4, 0.5) is 0 Å². The van der Waals surface area contributed by atoms with Gasteiger partial charge in [0, 0.05) is 18.4 Å². The van der Waals surface area contributed by atoms with E-state index in [1.165, 1.54) is 0 Å². The highest BCUT2D eigenvalue weighted by Gasteiger charge is 2.15. The van der Waals surface area contributed by atoms with Crippen LogP contribution in [0, 0.1) is 0 Å². The van der Waals surface area contributed by atoms with E-state index >= 15 is 0 Å². The molecule has 4 N–H and O–H groups in total. The summed E-state index contributed by atoms with van der Waals surface area (Å²) in [6.45, 7) is 0.534. The highest BCUT2D eigenvalue weighted by molar-refractivity contribution is 8.26. The molecular weight excluding hydrogens is 428 g/mol. The molecule has 1 heterocycles. The molecule has 1 aliphatic rings. The van der Waals surface area contributed by atoms with Gasteiger partial charge in [0.1, 0.15) is 13.1 Å². The predicted octanol–water partition coefficient (Wildman–Crippen LogP) is -0.282. The minimum atomic E-state index is -1.17. The molecule has 1 saturated heterocycles. The van der Waals surface area contributed by atoms with E-state index in [4.69, 9.17) is 5.11 Å². The van der Waals surface area contributed by atoms with Crippen molar-refractivity contribution in [1.82, 2.24) is 16.0 Å². The highest BCUT2D eigenvalue weighted by atomic mass is 32.2. The Bertz CT molecular complexity index is 857. The van der Waals surface area contributed by atoms with Crippen LogP contribution in [-0.2, 0) is 24.0 Å². The van der Waals surface area contributed by atoms with E-state index in [1.54, 1.807) is 37.3 Å². The van der Waals surface area contributed by atoms with E-state index in [-0.39, 0.29) is 30.0 Å². The Hall–Kier alpha value is -3.54. The molecule has 2 rings (SSSR count). The molecule has 0 unspecified atom stereocenters. The van der Waals surface area contributed by atoms with Gasteiger partial charge in [-0.1, -0.05) is 30.3 Å². The maximum atomic E-state index is 11.9. The number of rotatable bonds is 7. The molecule has 4 amide bonds. The molecule has 11 nitrogen and oxygen atoms in total. The molecular formula is C19H22N4O7S. The lowest BCUT2D eigenvalue weighted by Crippen LogP contribution is -2.39. The van der Waals surface area contributed by atoms with Crippen molar-refractivity contribution in [2.24, 2.45) is 4.99 Å². The van der Waals surface area contributed by atoms with Gasteiger partial charge in [-0.15, -0.1) is 0 Å². The summed E-state index contributed by atoms with van der Waals surface area (Å²) in [7, 11) is 0. The number of carboxylic acid groups (broad SMARTS) is 1. The Morgan fingerprint density at radius 3 is 2.10 bits per heavy atom. The van der Waals surface area contributed by atoms with Gasteiger partial charge in [0.15, 0.2) is 0 Å². The fraction of sp³-hybridized carbons (Fsp3) is 0.316. The number of benzene rings is 1. The topological polar surface area (TPSA) is 171 Å². The Morgan fingerprint density at radius 1 is 1.00 bits per heavy atom. The minimum absolute atomic E-state index is 0.148. The lowest BCUT2D eigenvalue weighted by atomic mass is 10.2. The van der Waals surface area contributed by atoms with E-state index in [0.717, 1.165) is 11.8 Å². The normalized spacial score (nSPS) is 12.9. The smallest absolute Gasteiger partial charge is 0.322 e. The number of amides is 4. The Balaban J connectivity index is 0.000000577. The van der Waals surface area contributed by atoms with Crippen molar-refractivity contribution in [2.45, 2.75) is 19.8 Å². The van der Waals surface area contributed by atoms with Gasteiger partial charge >= 0.3 is 5.97 Å². The summed E-state index contributed by atoms with van der Waals surface area (Å²) < 4.78 is 0. The van der Waals surface area contributed by atoms with Crippen molar-refractivity contribution in [3.05, 3.63) is 35.9 Å². The van der Waals surface area contributed by atoms with Crippen LogP contribution in [0.25, 0.3) is 0 Å².